The second-order valence-corrected chi connectivity index (χ2v) is 6.03. The molecule has 0 saturated carbocycles. The Hall–Kier alpha value is -2.14. The molecule has 5 nitrogen and oxygen atoms in total. The molecular weight excluding hydrogens is 290 g/mol. The molecule has 1 aliphatic rings. The summed E-state index contributed by atoms with van der Waals surface area (Å²) in [6, 6.07) is 9.64. The van der Waals surface area contributed by atoms with Gasteiger partial charge in [0.05, 0.1) is 0 Å². The van der Waals surface area contributed by atoms with Crippen molar-refractivity contribution in [2.75, 3.05) is 26.7 Å². The summed E-state index contributed by atoms with van der Waals surface area (Å²) in [5.74, 6) is 1.18. The lowest BCUT2D eigenvalue weighted by atomic mass is 9.93. The monoisotopic (exact) mass is 313 g/mol. The Labute approximate surface area is 136 Å². The summed E-state index contributed by atoms with van der Waals surface area (Å²) in [6.45, 7) is 2.66. The molecule has 2 aromatic rings. The second kappa shape index (κ2) is 7.42. The second-order valence-electron chi connectivity index (χ2n) is 6.03. The maximum atomic E-state index is 12.6. The van der Waals surface area contributed by atoms with Crippen molar-refractivity contribution < 1.29 is 9.21 Å². The van der Waals surface area contributed by atoms with Gasteiger partial charge >= 0.3 is 0 Å². The first-order valence-electron chi connectivity index (χ1n) is 8.22. The van der Waals surface area contributed by atoms with Gasteiger partial charge in [-0.25, -0.2) is 4.98 Å². The van der Waals surface area contributed by atoms with Crippen LogP contribution in [0.1, 0.15) is 29.8 Å². The molecule has 3 rings (SSSR count). The molecule has 1 N–H and O–H groups in total. The smallest absolute Gasteiger partial charge is 0.275 e. The zero-order valence-electron chi connectivity index (χ0n) is 13.5. The lowest BCUT2D eigenvalue weighted by molar-refractivity contribution is 0.0681. The van der Waals surface area contributed by atoms with Crippen LogP contribution in [0.2, 0.25) is 0 Å². The molecule has 1 saturated heterocycles. The molecule has 0 unspecified atom stereocenters. The molecule has 0 spiro atoms. The molecule has 0 radical (unpaired) electrons. The number of benzene rings is 1. The number of oxazole rings is 1. The van der Waals surface area contributed by atoms with Crippen LogP contribution in [0.4, 0.5) is 0 Å². The van der Waals surface area contributed by atoms with Crippen LogP contribution in [0.3, 0.4) is 0 Å². The summed E-state index contributed by atoms with van der Waals surface area (Å²) in [5, 5.41) is 3.19. The molecule has 1 amide bonds. The number of hydrogen-bond acceptors (Lipinski definition) is 4. The van der Waals surface area contributed by atoms with Gasteiger partial charge in [-0.3, -0.25) is 4.79 Å². The van der Waals surface area contributed by atoms with E-state index in [1.54, 1.807) is 0 Å². The molecule has 1 aliphatic heterocycles. The predicted molar refractivity (Wildman–Crippen MR) is 89.1 cm³/mol. The molecule has 23 heavy (non-hydrogen) atoms. The first-order chi connectivity index (χ1) is 11.3. The van der Waals surface area contributed by atoms with Crippen LogP contribution in [0.15, 0.2) is 41.0 Å². The summed E-state index contributed by atoms with van der Waals surface area (Å²) >= 11 is 0. The van der Waals surface area contributed by atoms with Gasteiger partial charge in [-0.2, -0.15) is 0 Å². The van der Waals surface area contributed by atoms with E-state index in [2.05, 4.69) is 10.3 Å². The molecule has 0 aliphatic carbocycles. The first kappa shape index (κ1) is 15.7. The number of aromatic nitrogens is 1. The molecule has 0 bridgehead atoms. The molecule has 0 atom stereocenters. The van der Waals surface area contributed by atoms with Gasteiger partial charge in [0, 0.05) is 18.7 Å². The third kappa shape index (κ3) is 3.79. The van der Waals surface area contributed by atoms with Gasteiger partial charge in [0.1, 0.15) is 6.26 Å². The van der Waals surface area contributed by atoms with Gasteiger partial charge in [-0.05, 0) is 50.9 Å². The van der Waals surface area contributed by atoms with Gasteiger partial charge in [0.15, 0.2) is 5.69 Å². The summed E-state index contributed by atoms with van der Waals surface area (Å²) in [6.07, 6.45) is 4.78. The van der Waals surface area contributed by atoms with E-state index in [1.807, 2.05) is 42.3 Å². The van der Waals surface area contributed by atoms with Crippen molar-refractivity contribution in [3.8, 4) is 11.5 Å². The van der Waals surface area contributed by atoms with Gasteiger partial charge in [0.2, 0.25) is 5.89 Å². The normalized spacial score (nSPS) is 15.8. The first-order valence-corrected chi connectivity index (χ1v) is 8.22. The Kier molecular flexibility index (Phi) is 5.08. The minimum Gasteiger partial charge on any atom is -0.444 e. The Morgan fingerprint density at radius 2 is 2.04 bits per heavy atom. The lowest BCUT2D eigenvalue weighted by Crippen LogP contribution is -2.39. The van der Waals surface area contributed by atoms with Crippen molar-refractivity contribution in [1.29, 1.82) is 0 Å². The van der Waals surface area contributed by atoms with E-state index >= 15 is 0 Å². The van der Waals surface area contributed by atoms with E-state index in [9.17, 15) is 4.79 Å². The van der Waals surface area contributed by atoms with E-state index in [-0.39, 0.29) is 5.91 Å². The highest BCUT2D eigenvalue weighted by atomic mass is 16.3. The summed E-state index contributed by atoms with van der Waals surface area (Å²) in [7, 11) is 1.98. The summed E-state index contributed by atoms with van der Waals surface area (Å²) in [5.41, 5.74) is 1.29. The molecule has 1 aromatic heterocycles. The van der Waals surface area contributed by atoms with Crippen molar-refractivity contribution in [3.63, 3.8) is 0 Å². The van der Waals surface area contributed by atoms with E-state index in [0.717, 1.165) is 38.0 Å². The molecule has 122 valence electrons. The lowest BCUT2D eigenvalue weighted by Gasteiger charge is -2.31. The Balaban J connectivity index is 1.60. The van der Waals surface area contributed by atoms with Crippen molar-refractivity contribution in [2.24, 2.45) is 5.92 Å². The quantitative estimate of drug-likeness (QED) is 0.922. The number of hydrogen-bond donors (Lipinski definition) is 1. The van der Waals surface area contributed by atoms with Crippen LogP contribution in [-0.4, -0.2) is 42.5 Å². The van der Waals surface area contributed by atoms with Crippen LogP contribution in [0.5, 0.6) is 0 Å². The highest BCUT2D eigenvalue weighted by molar-refractivity contribution is 5.92. The summed E-state index contributed by atoms with van der Waals surface area (Å²) < 4.78 is 5.47. The Bertz CT molecular complexity index is 631. The third-order valence-electron chi connectivity index (χ3n) is 4.45. The molecule has 1 aromatic carbocycles. The maximum Gasteiger partial charge on any atom is 0.275 e. The van der Waals surface area contributed by atoms with Crippen LogP contribution >= 0.6 is 0 Å². The van der Waals surface area contributed by atoms with E-state index in [0.29, 0.717) is 17.5 Å². The average molecular weight is 313 g/mol. The number of nitrogens with zero attached hydrogens (tertiary/aromatic N) is 2. The number of rotatable bonds is 5. The highest BCUT2D eigenvalue weighted by Gasteiger charge is 2.25. The largest absolute Gasteiger partial charge is 0.444 e. The highest BCUT2D eigenvalue weighted by Crippen LogP contribution is 2.23. The van der Waals surface area contributed by atoms with Crippen molar-refractivity contribution in [2.45, 2.75) is 19.3 Å². The van der Waals surface area contributed by atoms with Crippen molar-refractivity contribution in [3.05, 3.63) is 42.3 Å². The molecule has 2 heterocycles. The Morgan fingerprint density at radius 1 is 1.30 bits per heavy atom. The van der Waals surface area contributed by atoms with Crippen LogP contribution in [-0.2, 0) is 0 Å². The zero-order chi connectivity index (χ0) is 16.1. The van der Waals surface area contributed by atoms with Crippen LogP contribution < -0.4 is 5.32 Å². The number of carbonyl (C=O) groups is 1. The molecule has 5 heteroatoms. The number of likely N-dealkylation sites (tertiary alicyclic amines) is 1. The van der Waals surface area contributed by atoms with E-state index in [4.69, 9.17) is 4.42 Å². The SMILES string of the molecule is CNCCC1CCN(C(=O)c2coc(-c3ccccc3)n2)CC1. The zero-order valence-corrected chi connectivity index (χ0v) is 13.5. The number of amides is 1. The fraction of sp³-hybridized carbons (Fsp3) is 0.444. The minimum absolute atomic E-state index is 0.0250. The molecule has 1 fully saturated rings. The van der Waals surface area contributed by atoms with E-state index < -0.39 is 0 Å². The molecular formula is C18H23N3O2. The number of carbonyl (C=O) groups excluding carboxylic acids is 1. The maximum absolute atomic E-state index is 12.6. The minimum atomic E-state index is -0.0250. The third-order valence-corrected chi connectivity index (χ3v) is 4.45. The van der Waals surface area contributed by atoms with Crippen molar-refractivity contribution >= 4 is 5.91 Å². The van der Waals surface area contributed by atoms with Gasteiger partial charge < -0.3 is 14.6 Å². The van der Waals surface area contributed by atoms with Gasteiger partial charge in [0.25, 0.3) is 5.91 Å². The number of piperidine rings is 1. The fourth-order valence-corrected chi connectivity index (χ4v) is 3.02. The van der Waals surface area contributed by atoms with Gasteiger partial charge in [-0.1, -0.05) is 18.2 Å². The summed E-state index contributed by atoms with van der Waals surface area (Å²) in [4.78, 5) is 18.8. The van der Waals surface area contributed by atoms with E-state index in [1.165, 1.54) is 12.7 Å². The standard InChI is InChI=1S/C18H23N3O2/c1-19-10-7-14-8-11-21(12-9-14)18(22)16-13-23-17(20-16)15-5-3-2-4-6-15/h2-6,13-14,19H,7-12H2,1H3. The van der Waals surface area contributed by atoms with Crippen LogP contribution in [0, 0.1) is 5.92 Å². The Morgan fingerprint density at radius 3 is 2.74 bits per heavy atom. The topological polar surface area (TPSA) is 58.4 Å². The van der Waals surface area contributed by atoms with Gasteiger partial charge in [-0.15, -0.1) is 0 Å². The number of nitrogens with one attached hydrogen (secondary N) is 1. The predicted octanol–water partition coefficient (Wildman–Crippen LogP) is 2.80. The average Bonchev–Trinajstić information content (AvgIpc) is 3.11. The van der Waals surface area contributed by atoms with Crippen LogP contribution in [0.25, 0.3) is 11.5 Å². The van der Waals surface area contributed by atoms with Crippen molar-refractivity contribution in [1.82, 2.24) is 15.2 Å². The fourth-order valence-electron chi connectivity index (χ4n) is 3.02.